The van der Waals surface area contributed by atoms with E-state index in [1.807, 2.05) is 30.3 Å². The van der Waals surface area contributed by atoms with E-state index < -0.39 is 29.6 Å². The third-order valence-electron chi connectivity index (χ3n) is 7.31. The molecule has 1 aromatic heterocycles. The van der Waals surface area contributed by atoms with Crippen molar-refractivity contribution >= 4 is 35.3 Å². The molecular weight excluding hydrogens is 511 g/mol. The molecule has 10 heteroatoms. The van der Waals surface area contributed by atoms with Gasteiger partial charge in [-0.15, -0.1) is 0 Å². The van der Waals surface area contributed by atoms with Crippen LogP contribution in [0.5, 0.6) is 0 Å². The number of fused-ring (bicyclic) bond motifs is 1. The molecule has 0 unspecified atom stereocenters. The quantitative estimate of drug-likeness (QED) is 0.274. The molecule has 3 aromatic rings. The van der Waals surface area contributed by atoms with Crippen molar-refractivity contribution in [1.29, 1.82) is 0 Å². The summed E-state index contributed by atoms with van der Waals surface area (Å²) in [5.41, 5.74) is 2.20. The first-order valence-electron chi connectivity index (χ1n) is 13.4. The highest BCUT2D eigenvalue weighted by Crippen LogP contribution is 2.39. The van der Waals surface area contributed by atoms with Gasteiger partial charge in [0, 0.05) is 17.8 Å². The Bertz CT molecular complexity index is 1420. The van der Waals surface area contributed by atoms with Gasteiger partial charge < -0.3 is 5.32 Å². The van der Waals surface area contributed by atoms with Crippen LogP contribution in [0.25, 0.3) is 0 Å². The lowest BCUT2D eigenvalue weighted by Crippen LogP contribution is -2.53. The second kappa shape index (κ2) is 11.7. The highest BCUT2D eigenvalue weighted by atomic mass is 19.1. The summed E-state index contributed by atoms with van der Waals surface area (Å²) in [4.78, 5) is 55.0. The fourth-order valence-electron chi connectivity index (χ4n) is 5.47. The second-order valence-corrected chi connectivity index (χ2v) is 10.3. The van der Waals surface area contributed by atoms with Crippen LogP contribution in [0.4, 0.5) is 16.0 Å². The van der Waals surface area contributed by atoms with Crippen LogP contribution in [0.1, 0.15) is 42.6 Å². The number of carbonyl (C=O) groups excluding carboxylic acids is 3. The number of guanidine groups is 1. The molecule has 0 spiro atoms. The zero-order chi connectivity index (χ0) is 28.2. The summed E-state index contributed by atoms with van der Waals surface area (Å²) in [7, 11) is 0. The number of hydrogen-bond acceptors (Lipinski definition) is 6. The van der Waals surface area contributed by atoms with E-state index >= 15 is 0 Å². The van der Waals surface area contributed by atoms with Crippen molar-refractivity contribution in [2.45, 2.75) is 52.0 Å². The average Bonchev–Trinajstić information content (AvgIpc) is 3.18. The Morgan fingerprint density at radius 3 is 2.20 bits per heavy atom. The Hall–Kier alpha value is -4.47. The highest BCUT2D eigenvalue weighted by Gasteiger charge is 2.51. The molecule has 206 valence electrons. The van der Waals surface area contributed by atoms with Gasteiger partial charge in [0.05, 0.1) is 17.5 Å². The monoisotopic (exact) mass is 542 g/mol. The maximum atomic E-state index is 14.6. The van der Waals surface area contributed by atoms with Gasteiger partial charge >= 0.3 is 0 Å². The lowest BCUT2D eigenvalue weighted by molar-refractivity contribution is -0.147. The summed E-state index contributed by atoms with van der Waals surface area (Å²) in [5.74, 6) is -2.68. The van der Waals surface area contributed by atoms with Gasteiger partial charge in [-0.05, 0) is 50.5 Å². The smallest absolute Gasteiger partial charge is 0.253 e. The van der Waals surface area contributed by atoms with Gasteiger partial charge in [-0.1, -0.05) is 55.3 Å². The molecule has 40 heavy (non-hydrogen) atoms. The molecule has 2 heterocycles. The van der Waals surface area contributed by atoms with Crippen molar-refractivity contribution < 1.29 is 18.8 Å². The van der Waals surface area contributed by atoms with Crippen LogP contribution < -0.4 is 10.6 Å². The summed E-state index contributed by atoms with van der Waals surface area (Å²) in [6.07, 6.45) is 3.15. The van der Waals surface area contributed by atoms with Crippen LogP contribution in [0.2, 0.25) is 0 Å². The minimum atomic E-state index is -1.12. The molecule has 3 atom stereocenters. The van der Waals surface area contributed by atoms with Crippen molar-refractivity contribution in [2.24, 2.45) is 16.8 Å². The average molecular weight is 543 g/mol. The molecule has 3 amide bonds. The van der Waals surface area contributed by atoms with Gasteiger partial charge in [0.1, 0.15) is 11.9 Å². The maximum absolute atomic E-state index is 14.6. The van der Waals surface area contributed by atoms with Crippen LogP contribution in [-0.4, -0.2) is 44.6 Å². The number of likely N-dealkylation sites (tertiary alicyclic amines) is 1. The molecule has 0 bridgehead atoms. The number of aliphatic imine (C=N–C) groups is 1. The standard InChI is InChI=1S/C30H31FN6O3/c1-18-16-19(2)33-29(32-18)36-30(34-24-15-9-8-14-23(24)31)35-26(38)25(17-20-10-4-3-5-11-20)37-27(39)21-12-6-7-13-22(21)28(37)40/h3-5,8-11,14-16,21-22,25H,6-7,12-13,17H2,1-2H3,(H2,32,33,34,35,36,38)/t21-,22+,25-/m1/s1. The van der Waals surface area contributed by atoms with Gasteiger partial charge in [-0.25, -0.2) is 14.4 Å². The summed E-state index contributed by atoms with van der Waals surface area (Å²) in [6, 6.07) is 15.8. The van der Waals surface area contributed by atoms with E-state index in [0.29, 0.717) is 24.2 Å². The number of hydrogen-bond donors (Lipinski definition) is 2. The molecular formula is C30H31FN6O3. The normalized spacial score (nSPS) is 19.8. The molecule has 1 saturated heterocycles. The van der Waals surface area contributed by atoms with Crippen molar-refractivity contribution in [1.82, 2.24) is 20.2 Å². The van der Waals surface area contributed by atoms with E-state index in [0.717, 1.165) is 23.3 Å². The number of amides is 3. The van der Waals surface area contributed by atoms with E-state index in [4.69, 9.17) is 0 Å². The molecule has 0 radical (unpaired) electrons. The number of aromatic nitrogens is 2. The van der Waals surface area contributed by atoms with E-state index in [-0.39, 0.29) is 35.8 Å². The summed E-state index contributed by atoms with van der Waals surface area (Å²) in [6.45, 7) is 3.58. The first-order chi connectivity index (χ1) is 19.3. The van der Waals surface area contributed by atoms with Gasteiger partial charge in [0.25, 0.3) is 5.95 Å². The Labute approximate surface area is 231 Å². The Balaban J connectivity index is 1.50. The van der Waals surface area contributed by atoms with E-state index in [9.17, 15) is 18.8 Å². The summed E-state index contributed by atoms with van der Waals surface area (Å²) >= 11 is 0. The third kappa shape index (κ3) is 5.90. The van der Waals surface area contributed by atoms with Crippen LogP contribution in [0.15, 0.2) is 65.7 Å². The summed E-state index contributed by atoms with van der Waals surface area (Å²) < 4.78 is 14.6. The van der Waals surface area contributed by atoms with Crippen molar-refractivity contribution in [2.75, 3.05) is 5.32 Å². The number of nitrogens with one attached hydrogen (secondary N) is 2. The van der Waals surface area contributed by atoms with E-state index in [1.165, 1.54) is 12.1 Å². The molecule has 9 nitrogen and oxygen atoms in total. The number of aryl methyl sites for hydroxylation is 2. The van der Waals surface area contributed by atoms with Crippen molar-refractivity contribution in [3.63, 3.8) is 0 Å². The lowest BCUT2D eigenvalue weighted by atomic mass is 9.81. The van der Waals surface area contributed by atoms with Crippen LogP contribution in [0.3, 0.4) is 0 Å². The number of imide groups is 1. The highest BCUT2D eigenvalue weighted by molar-refractivity contribution is 6.12. The predicted molar refractivity (Wildman–Crippen MR) is 148 cm³/mol. The topological polar surface area (TPSA) is 117 Å². The number of carbonyl (C=O) groups is 3. The van der Waals surface area contributed by atoms with Crippen LogP contribution >= 0.6 is 0 Å². The van der Waals surface area contributed by atoms with Crippen LogP contribution in [-0.2, 0) is 20.8 Å². The molecule has 2 aromatic carbocycles. The molecule has 1 aliphatic heterocycles. The first-order valence-corrected chi connectivity index (χ1v) is 13.4. The number of nitrogens with zero attached hydrogens (tertiary/aromatic N) is 4. The first kappa shape index (κ1) is 27.1. The Kier molecular flexibility index (Phi) is 7.95. The van der Waals surface area contributed by atoms with Crippen molar-refractivity contribution in [3.05, 3.63) is 83.4 Å². The zero-order valence-electron chi connectivity index (χ0n) is 22.4. The number of benzene rings is 2. The largest absolute Gasteiger partial charge is 0.323 e. The second-order valence-electron chi connectivity index (χ2n) is 10.3. The number of para-hydroxylation sites is 1. The van der Waals surface area contributed by atoms with Gasteiger partial charge in [-0.3, -0.25) is 24.6 Å². The fourth-order valence-corrected chi connectivity index (χ4v) is 5.47. The Morgan fingerprint density at radius 2 is 1.57 bits per heavy atom. The zero-order valence-corrected chi connectivity index (χ0v) is 22.4. The molecule has 2 fully saturated rings. The lowest BCUT2D eigenvalue weighted by Gasteiger charge is -2.26. The predicted octanol–water partition coefficient (Wildman–Crippen LogP) is 4.23. The Morgan fingerprint density at radius 1 is 0.975 bits per heavy atom. The van der Waals surface area contributed by atoms with Gasteiger partial charge in [0.2, 0.25) is 23.7 Å². The van der Waals surface area contributed by atoms with E-state index in [1.54, 1.807) is 32.0 Å². The molecule has 2 aliphatic rings. The van der Waals surface area contributed by atoms with Gasteiger partial charge in [-0.2, -0.15) is 4.99 Å². The number of rotatable bonds is 6. The van der Waals surface area contributed by atoms with Gasteiger partial charge in [0.15, 0.2) is 0 Å². The summed E-state index contributed by atoms with van der Waals surface area (Å²) in [5, 5.41) is 5.53. The third-order valence-corrected chi connectivity index (χ3v) is 7.31. The molecule has 1 aliphatic carbocycles. The fraction of sp³-hybridized carbons (Fsp3) is 0.333. The molecule has 5 rings (SSSR count). The number of anilines is 1. The SMILES string of the molecule is Cc1cc(C)nc(N=C(NC(=O)[C@@H](Cc2ccccc2)N2C(=O)[C@H]3CCCC[C@H]3C2=O)Nc2ccccc2F)n1. The van der Waals surface area contributed by atoms with Crippen LogP contribution in [0, 0.1) is 31.5 Å². The maximum Gasteiger partial charge on any atom is 0.253 e. The minimum Gasteiger partial charge on any atom is -0.323 e. The molecule has 1 saturated carbocycles. The van der Waals surface area contributed by atoms with E-state index in [2.05, 4.69) is 25.6 Å². The molecule has 2 N–H and O–H groups in total. The van der Waals surface area contributed by atoms with Crippen molar-refractivity contribution in [3.8, 4) is 0 Å². The number of halogens is 1. The minimum absolute atomic E-state index is 0.0654.